The molecule has 4 nitrogen and oxygen atoms in total. The second kappa shape index (κ2) is 9.33. The number of piperidine rings is 1. The van der Waals surface area contributed by atoms with Gasteiger partial charge in [0, 0.05) is 30.3 Å². The van der Waals surface area contributed by atoms with Crippen LogP contribution in [0.1, 0.15) is 29.7 Å². The van der Waals surface area contributed by atoms with Gasteiger partial charge in [-0.15, -0.1) is 11.3 Å². The topological polar surface area (TPSA) is 49.4 Å². The fourth-order valence-electron chi connectivity index (χ4n) is 3.21. The Bertz CT molecular complexity index is 739. The lowest BCUT2D eigenvalue weighted by Crippen LogP contribution is -2.42. The van der Waals surface area contributed by atoms with Gasteiger partial charge in [-0.3, -0.25) is 9.59 Å². The van der Waals surface area contributed by atoms with Gasteiger partial charge in [0.2, 0.25) is 11.8 Å². The van der Waals surface area contributed by atoms with Crippen LogP contribution in [0.2, 0.25) is 0 Å². The molecule has 1 aromatic carbocycles. The zero-order valence-electron chi connectivity index (χ0n) is 14.6. The minimum absolute atomic E-state index is 0.0107. The predicted octanol–water partition coefficient (Wildman–Crippen LogP) is 4.00. The summed E-state index contributed by atoms with van der Waals surface area (Å²) in [5.74, 6) is 0.304. The first-order chi connectivity index (χ1) is 12.6. The molecule has 26 heavy (non-hydrogen) atoms. The van der Waals surface area contributed by atoms with Gasteiger partial charge in [-0.2, -0.15) is 0 Å². The van der Waals surface area contributed by atoms with Crippen molar-refractivity contribution in [2.75, 3.05) is 13.1 Å². The van der Waals surface area contributed by atoms with Crippen LogP contribution < -0.4 is 5.32 Å². The number of hydrogen-bond acceptors (Lipinski definition) is 3. The SMILES string of the molecule is O=C(NCc1ccc(Br)s1)C1CCN(C(=O)CCc2ccccc2)CC1. The zero-order valence-corrected chi connectivity index (χ0v) is 17.0. The van der Waals surface area contributed by atoms with E-state index < -0.39 is 0 Å². The summed E-state index contributed by atoms with van der Waals surface area (Å²) in [5.41, 5.74) is 1.19. The molecule has 0 atom stereocenters. The van der Waals surface area contributed by atoms with Crippen molar-refractivity contribution >= 4 is 39.1 Å². The maximum atomic E-state index is 12.4. The van der Waals surface area contributed by atoms with Crippen LogP contribution in [-0.4, -0.2) is 29.8 Å². The number of carbonyl (C=O) groups excluding carboxylic acids is 2. The van der Waals surface area contributed by atoms with Crippen molar-refractivity contribution in [1.29, 1.82) is 0 Å². The number of amides is 2. The van der Waals surface area contributed by atoms with E-state index in [1.165, 1.54) is 5.56 Å². The molecule has 1 aliphatic heterocycles. The number of hydrogen-bond donors (Lipinski definition) is 1. The van der Waals surface area contributed by atoms with Gasteiger partial charge in [0.1, 0.15) is 0 Å². The molecule has 1 saturated heterocycles. The summed E-state index contributed by atoms with van der Waals surface area (Å²) < 4.78 is 1.07. The first-order valence-corrected chi connectivity index (χ1v) is 10.6. The number of halogens is 1. The van der Waals surface area contributed by atoms with E-state index in [4.69, 9.17) is 0 Å². The normalized spacial score (nSPS) is 15.0. The molecule has 1 N–H and O–H groups in total. The highest BCUT2D eigenvalue weighted by Crippen LogP contribution is 2.23. The minimum atomic E-state index is 0.0107. The van der Waals surface area contributed by atoms with E-state index in [1.807, 2.05) is 35.2 Å². The smallest absolute Gasteiger partial charge is 0.223 e. The van der Waals surface area contributed by atoms with Crippen molar-refractivity contribution in [3.63, 3.8) is 0 Å². The van der Waals surface area contributed by atoms with Crippen LogP contribution in [0.15, 0.2) is 46.3 Å². The van der Waals surface area contributed by atoms with E-state index in [-0.39, 0.29) is 17.7 Å². The van der Waals surface area contributed by atoms with Gasteiger partial charge in [-0.05, 0) is 52.9 Å². The molecule has 2 aromatic rings. The van der Waals surface area contributed by atoms with E-state index >= 15 is 0 Å². The third-order valence-electron chi connectivity index (χ3n) is 4.75. The summed E-state index contributed by atoms with van der Waals surface area (Å²) in [5, 5.41) is 3.02. The Labute approximate surface area is 166 Å². The Kier molecular flexibility index (Phi) is 6.86. The second-order valence-electron chi connectivity index (χ2n) is 6.56. The molecular weight excluding hydrogens is 412 g/mol. The summed E-state index contributed by atoms with van der Waals surface area (Å²) in [4.78, 5) is 27.8. The maximum Gasteiger partial charge on any atom is 0.223 e. The molecule has 6 heteroatoms. The molecule has 0 spiro atoms. The summed E-state index contributed by atoms with van der Waals surface area (Å²) in [6.45, 7) is 1.93. The number of aryl methyl sites for hydroxylation is 1. The Morgan fingerprint density at radius 2 is 1.85 bits per heavy atom. The molecule has 138 valence electrons. The van der Waals surface area contributed by atoms with Crippen LogP contribution in [-0.2, 0) is 22.6 Å². The molecule has 1 aromatic heterocycles. The van der Waals surface area contributed by atoms with E-state index in [0.717, 1.165) is 27.9 Å². The third kappa shape index (κ3) is 5.42. The second-order valence-corrected chi connectivity index (χ2v) is 9.11. The van der Waals surface area contributed by atoms with Crippen molar-refractivity contribution in [1.82, 2.24) is 10.2 Å². The van der Waals surface area contributed by atoms with Gasteiger partial charge in [0.05, 0.1) is 10.3 Å². The molecule has 3 rings (SSSR count). The molecule has 2 amide bonds. The maximum absolute atomic E-state index is 12.4. The lowest BCUT2D eigenvalue weighted by molar-refractivity contribution is -0.135. The van der Waals surface area contributed by atoms with Gasteiger partial charge in [0.25, 0.3) is 0 Å². The van der Waals surface area contributed by atoms with Gasteiger partial charge in [0.15, 0.2) is 0 Å². The predicted molar refractivity (Wildman–Crippen MR) is 108 cm³/mol. The molecule has 1 aliphatic rings. The van der Waals surface area contributed by atoms with Crippen LogP contribution in [0.5, 0.6) is 0 Å². The summed E-state index contributed by atoms with van der Waals surface area (Å²) in [7, 11) is 0. The Morgan fingerprint density at radius 1 is 1.12 bits per heavy atom. The zero-order chi connectivity index (χ0) is 18.4. The van der Waals surface area contributed by atoms with Crippen LogP contribution in [0.4, 0.5) is 0 Å². The standard InChI is InChI=1S/C20H23BrN2O2S/c21-18-8-7-17(26-18)14-22-20(25)16-10-12-23(13-11-16)19(24)9-6-15-4-2-1-3-5-15/h1-5,7-8,16H,6,9-14H2,(H,22,25). The minimum Gasteiger partial charge on any atom is -0.351 e. The third-order valence-corrected chi connectivity index (χ3v) is 6.38. The molecule has 1 fully saturated rings. The number of nitrogens with zero attached hydrogens (tertiary/aromatic N) is 1. The van der Waals surface area contributed by atoms with Crippen LogP contribution in [0.25, 0.3) is 0 Å². The lowest BCUT2D eigenvalue weighted by atomic mass is 9.95. The van der Waals surface area contributed by atoms with Crippen molar-refractivity contribution in [2.45, 2.75) is 32.2 Å². The van der Waals surface area contributed by atoms with Gasteiger partial charge >= 0.3 is 0 Å². The van der Waals surface area contributed by atoms with Crippen molar-refractivity contribution < 1.29 is 9.59 Å². The van der Waals surface area contributed by atoms with Gasteiger partial charge in [-0.1, -0.05) is 30.3 Å². The highest BCUT2D eigenvalue weighted by molar-refractivity contribution is 9.11. The number of carbonyl (C=O) groups is 2. The van der Waals surface area contributed by atoms with Crippen LogP contribution in [0.3, 0.4) is 0 Å². The van der Waals surface area contributed by atoms with Crippen LogP contribution >= 0.6 is 27.3 Å². The molecule has 0 unspecified atom stereocenters. The first-order valence-electron chi connectivity index (χ1n) is 8.95. The fourth-order valence-corrected chi connectivity index (χ4v) is 4.63. The summed E-state index contributed by atoms with van der Waals surface area (Å²) >= 11 is 5.07. The molecule has 0 bridgehead atoms. The molecule has 0 aliphatic carbocycles. The molecular formula is C20H23BrN2O2S. The highest BCUT2D eigenvalue weighted by Gasteiger charge is 2.27. The van der Waals surface area contributed by atoms with Crippen LogP contribution in [0, 0.1) is 5.92 Å². The van der Waals surface area contributed by atoms with Gasteiger partial charge < -0.3 is 10.2 Å². The lowest BCUT2D eigenvalue weighted by Gasteiger charge is -2.31. The Morgan fingerprint density at radius 3 is 2.50 bits per heavy atom. The number of benzene rings is 1. The van der Waals surface area contributed by atoms with E-state index in [0.29, 0.717) is 26.1 Å². The largest absolute Gasteiger partial charge is 0.351 e. The fraction of sp³-hybridized carbons (Fsp3) is 0.400. The number of thiophene rings is 1. The number of nitrogens with one attached hydrogen (secondary N) is 1. The van der Waals surface area contributed by atoms with Crippen molar-refractivity contribution in [3.05, 3.63) is 56.7 Å². The van der Waals surface area contributed by atoms with E-state index in [1.54, 1.807) is 11.3 Å². The Hall–Kier alpha value is -1.66. The van der Waals surface area contributed by atoms with Crippen molar-refractivity contribution in [2.24, 2.45) is 5.92 Å². The summed E-state index contributed by atoms with van der Waals surface area (Å²) in [6.07, 6.45) is 2.80. The number of likely N-dealkylation sites (tertiary alicyclic amines) is 1. The van der Waals surface area contributed by atoms with E-state index in [2.05, 4.69) is 33.4 Å². The molecule has 0 radical (unpaired) electrons. The molecule has 0 saturated carbocycles. The monoisotopic (exact) mass is 434 g/mol. The summed E-state index contributed by atoms with van der Waals surface area (Å²) in [6, 6.07) is 14.1. The van der Waals surface area contributed by atoms with E-state index in [9.17, 15) is 9.59 Å². The Balaban J connectivity index is 1.39. The average Bonchev–Trinajstić information content (AvgIpc) is 3.10. The quantitative estimate of drug-likeness (QED) is 0.746. The van der Waals surface area contributed by atoms with Crippen molar-refractivity contribution in [3.8, 4) is 0 Å². The highest BCUT2D eigenvalue weighted by atomic mass is 79.9. The molecule has 2 heterocycles. The average molecular weight is 435 g/mol. The van der Waals surface area contributed by atoms with Gasteiger partial charge in [-0.25, -0.2) is 0 Å². The number of rotatable bonds is 6. The first kappa shape index (κ1) is 19.1.